The molecule has 0 bridgehead atoms. The molecule has 1 heterocycles. The molecular weight excluding hydrogens is 216 g/mol. The first kappa shape index (κ1) is 9.85. The van der Waals surface area contributed by atoms with E-state index >= 15 is 0 Å². The van der Waals surface area contributed by atoms with Crippen LogP contribution in [0.15, 0.2) is 30.3 Å². The summed E-state index contributed by atoms with van der Waals surface area (Å²) in [6.45, 7) is 2.12. The summed E-state index contributed by atoms with van der Waals surface area (Å²) in [5.74, 6) is 0. The van der Waals surface area contributed by atoms with Crippen molar-refractivity contribution in [1.29, 1.82) is 0 Å². The largest absolute Gasteiger partial charge is 0.375 e. The maximum absolute atomic E-state index is 5.79. The summed E-state index contributed by atoms with van der Waals surface area (Å²) in [7, 11) is 0. The van der Waals surface area contributed by atoms with E-state index in [0.29, 0.717) is 5.13 Å². The van der Waals surface area contributed by atoms with Crippen LogP contribution in [0.5, 0.6) is 0 Å². The highest BCUT2D eigenvalue weighted by Crippen LogP contribution is 2.54. The van der Waals surface area contributed by atoms with Crippen LogP contribution >= 0.6 is 11.3 Å². The van der Waals surface area contributed by atoms with Gasteiger partial charge in [0.2, 0.25) is 0 Å². The second kappa shape index (κ2) is 3.32. The lowest BCUT2D eigenvalue weighted by Crippen LogP contribution is -2.10. The third-order valence-electron chi connectivity index (χ3n) is 3.34. The van der Waals surface area contributed by atoms with E-state index in [1.807, 2.05) is 0 Å². The van der Waals surface area contributed by atoms with Gasteiger partial charge in [-0.1, -0.05) is 30.3 Å². The van der Waals surface area contributed by atoms with Crippen molar-refractivity contribution in [2.75, 3.05) is 5.73 Å². The monoisotopic (exact) mass is 230 g/mol. The zero-order valence-electron chi connectivity index (χ0n) is 9.23. The van der Waals surface area contributed by atoms with Crippen molar-refractivity contribution in [3.8, 4) is 0 Å². The second-order valence-electron chi connectivity index (χ2n) is 4.41. The predicted octanol–water partition coefficient (Wildman–Crippen LogP) is 3.11. The Kier molecular flexibility index (Phi) is 2.04. The molecule has 2 nitrogen and oxygen atoms in total. The Labute approximate surface area is 99.1 Å². The summed E-state index contributed by atoms with van der Waals surface area (Å²) in [5.41, 5.74) is 8.53. The molecule has 0 amide bonds. The molecule has 1 aromatic carbocycles. The van der Waals surface area contributed by atoms with E-state index in [1.54, 1.807) is 11.3 Å². The fourth-order valence-electron chi connectivity index (χ4n) is 2.41. The van der Waals surface area contributed by atoms with Gasteiger partial charge in [0.15, 0.2) is 5.13 Å². The zero-order chi connectivity index (χ0) is 11.2. The quantitative estimate of drug-likeness (QED) is 0.861. The van der Waals surface area contributed by atoms with Crippen molar-refractivity contribution in [1.82, 2.24) is 4.98 Å². The van der Waals surface area contributed by atoms with Gasteiger partial charge in [-0.2, -0.15) is 0 Å². The molecule has 0 saturated heterocycles. The van der Waals surface area contributed by atoms with E-state index < -0.39 is 0 Å². The van der Waals surface area contributed by atoms with Gasteiger partial charge in [-0.25, -0.2) is 4.98 Å². The number of aromatic nitrogens is 1. The van der Waals surface area contributed by atoms with Gasteiger partial charge < -0.3 is 5.73 Å². The third-order valence-corrected chi connectivity index (χ3v) is 4.14. The number of nitrogens with two attached hydrogens (primary N) is 1. The zero-order valence-corrected chi connectivity index (χ0v) is 10.1. The topological polar surface area (TPSA) is 38.9 Å². The second-order valence-corrected chi connectivity index (χ2v) is 5.64. The Balaban J connectivity index is 2.10. The highest BCUT2D eigenvalue weighted by Gasteiger charge is 2.48. The fourth-order valence-corrected chi connectivity index (χ4v) is 3.19. The number of hydrogen-bond acceptors (Lipinski definition) is 3. The van der Waals surface area contributed by atoms with Crippen molar-refractivity contribution in [3.05, 3.63) is 46.5 Å². The molecule has 0 aliphatic heterocycles. The average molecular weight is 230 g/mol. The van der Waals surface area contributed by atoms with Crippen LogP contribution in [0.2, 0.25) is 0 Å². The molecule has 0 radical (unpaired) electrons. The minimum absolute atomic E-state index is 0.166. The fraction of sp³-hybridized carbons (Fsp3) is 0.308. The van der Waals surface area contributed by atoms with Crippen LogP contribution in [-0.2, 0) is 5.41 Å². The predicted molar refractivity (Wildman–Crippen MR) is 67.7 cm³/mol. The van der Waals surface area contributed by atoms with Crippen LogP contribution in [0, 0.1) is 6.92 Å². The van der Waals surface area contributed by atoms with Crippen molar-refractivity contribution in [3.63, 3.8) is 0 Å². The first-order valence-corrected chi connectivity index (χ1v) is 6.33. The molecule has 1 aliphatic rings. The first-order valence-electron chi connectivity index (χ1n) is 5.51. The molecule has 1 fully saturated rings. The summed E-state index contributed by atoms with van der Waals surface area (Å²) in [6, 6.07) is 10.6. The number of hydrogen-bond donors (Lipinski definition) is 1. The van der Waals surface area contributed by atoms with E-state index in [2.05, 4.69) is 42.2 Å². The number of anilines is 1. The molecule has 0 unspecified atom stereocenters. The lowest BCUT2D eigenvalue weighted by Gasteiger charge is -2.14. The van der Waals surface area contributed by atoms with Gasteiger partial charge in [0.05, 0.1) is 5.69 Å². The van der Waals surface area contributed by atoms with Gasteiger partial charge in [-0.05, 0) is 25.3 Å². The maximum Gasteiger partial charge on any atom is 0.180 e. The van der Waals surface area contributed by atoms with Crippen molar-refractivity contribution in [2.24, 2.45) is 0 Å². The Morgan fingerprint density at radius 3 is 2.44 bits per heavy atom. The Bertz CT molecular complexity index is 512. The lowest BCUT2D eigenvalue weighted by molar-refractivity contribution is 0.806. The van der Waals surface area contributed by atoms with Crippen molar-refractivity contribution in [2.45, 2.75) is 25.2 Å². The Morgan fingerprint density at radius 2 is 1.94 bits per heavy atom. The van der Waals surface area contributed by atoms with Gasteiger partial charge in [-0.15, -0.1) is 11.3 Å². The molecule has 2 aromatic rings. The number of nitrogen functional groups attached to an aromatic ring is 1. The Hall–Kier alpha value is -1.35. The minimum atomic E-state index is 0.166. The summed E-state index contributed by atoms with van der Waals surface area (Å²) in [4.78, 5) is 5.78. The van der Waals surface area contributed by atoms with Gasteiger partial charge in [-0.3, -0.25) is 0 Å². The van der Waals surface area contributed by atoms with E-state index in [0.717, 1.165) is 0 Å². The molecule has 1 saturated carbocycles. The number of rotatable bonds is 2. The summed E-state index contributed by atoms with van der Waals surface area (Å²) in [5, 5.41) is 0.690. The van der Waals surface area contributed by atoms with Gasteiger partial charge >= 0.3 is 0 Å². The van der Waals surface area contributed by atoms with E-state index in [-0.39, 0.29) is 5.41 Å². The number of benzene rings is 1. The summed E-state index contributed by atoms with van der Waals surface area (Å²) in [6.07, 6.45) is 2.39. The highest BCUT2D eigenvalue weighted by atomic mass is 32.1. The molecule has 0 spiro atoms. The lowest BCUT2D eigenvalue weighted by atomic mass is 9.92. The highest BCUT2D eigenvalue weighted by molar-refractivity contribution is 7.15. The SMILES string of the molecule is Cc1sc(N)nc1C1(c2ccccc2)CC1. The van der Waals surface area contributed by atoms with Crippen LogP contribution in [0.4, 0.5) is 5.13 Å². The molecule has 3 heteroatoms. The molecular formula is C13H14N2S. The number of aryl methyl sites for hydroxylation is 1. The Morgan fingerprint density at radius 1 is 1.25 bits per heavy atom. The standard InChI is InChI=1S/C13H14N2S/c1-9-11(15-12(14)16-9)13(7-8-13)10-5-3-2-4-6-10/h2-6H,7-8H2,1H3,(H2,14,15). The van der Waals surface area contributed by atoms with E-state index in [4.69, 9.17) is 5.73 Å². The maximum atomic E-state index is 5.79. The first-order chi connectivity index (χ1) is 7.72. The van der Waals surface area contributed by atoms with Gasteiger partial charge in [0.1, 0.15) is 0 Å². The molecule has 2 N–H and O–H groups in total. The average Bonchev–Trinajstić information content (AvgIpc) is 3.02. The normalized spacial score (nSPS) is 17.3. The van der Waals surface area contributed by atoms with Crippen LogP contribution in [0.25, 0.3) is 0 Å². The molecule has 16 heavy (non-hydrogen) atoms. The summed E-state index contributed by atoms with van der Waals surface area (Å²) < 4.78 is 0. The van der Waals surface area contributed by atoms with Gasteiger partial charge in [0, 0.05) is 10.3 Å². The van der Waals surface area contributed by atoms with E-state index in [9.17, 15) is 0 Å². The molecule has 1 aliphatic carbocycles. The third kappa shape index (κ3) is 1.35. The van der Waals surface area contributed by atoms with E-state index in [1.165, 1.54) is 29.0 Å². The smallest absolute Gasteiger partial charge is 0.180 e. The van der Waals surface area contributed by atoms with Crippen molar-refractivity contribution < 1.29 is 0 Å². The minimum Gasteiger partial charge on any atom is -0.375 e. The number of thiazole rings is 1. The summed E-state index contributed by atoms with van der Waals surface area (Å²) >= 11 is 1.60. The molecule has 82 valence electrons. The number of nitrogens with zero attached hydrogens (tertiary/aromatic N) is 1. The van der Waals surface area contributed by atoms with Crippen LogP contribution in [-0.4, -0.2) is 4.98 Å². The molecule has 1 aromatic heterocycles. The van der Waals surface area contributed by atoms with Crippen LogP contribution < -0.4 is 5.73 Å². The van der Waals surface area contributed by atoms with Crippen LogP contribution in [0.1, 0.15) is 29.0 Å². The van der Waals surface area contributed by atoms with Crippen molar-refractivity contribution >= 4 is 16.5 Å². The van der Waals surface area contributed by atoms with Crippen LogP contribution in [0.3, 0.4) is 0 Å². The molecule has 0 atom stereocenters. The van der Waals surface area contributed by atoms with Gasteiger partial charge in [0.25, 0.3) is 0 Å². The molecule has 3 rings (SSSR count).